The number of amides is 1. The smallest absolute Gasteiger partial charge is 0.313 e. The van der Waals surface area contributed by atoms with Gasteiger partial charge in [-0.1, -0.05) is 64.5 Å². The van der Waals surface area contributed by atoms with E-state index < -0.39 is 16.9 Å². The second kappa shape index (κ2) is 10.6. The highest BCUT2D eigenvalue weighted by atomic mass is 79.9. The van der Waals surface area contributed by atoms with Crippen molar-refractivity contribution in [3.63, 3.8) is 0 Å². The predicted molar refractivity (Wildman–Crippen MR) is 166 cm³/mol. The molecule has 3 aliphatic rings. The van der Waals surface area contributed by atoms with E-state index in [2.05, 4.69) is 21.2 Å². The molecule has 214 valence electrons. The highest BCUT2D eigenvalue weighted by Gasteiger charge is 2.54. The number of halogens is 1. The van der Waals surface area contributed by atoms with E-state index in [4.69, 9.17) is 14.5 Å². The zero-order valence-electron chi connectivity index (χ0n) is 23.7. The number of hydrogen-bond donors (Lipinski definition) is 2. The Kier molecular flexibility index (Phi) is 7.05. The molecule has 0 aliphatic heterocycles. The van der Waals surface area contributed by atoms with E-state index in [0.717, 1.165) is 32.3 Å². The van der Waals surface area contributed by atoms with Crippen molar-refractivity contribution in [3.8, 4) is 22.8 Å². The van der Waals surface area contributed by atoms with E-state index in [1.807, 2.05) is 73.7 Å². The highest BCUT2D eigenvalue weighted by molar-refractivity contribution is 9.10. The van der Waals surface area contributed by atoms with E-state index in [1.54, 1.807) is 20.3 Å². The van der Waals surface area contributed by atoms with Gasteiger partial charge in [0, 0.05) is 21.0 Å². The van der Waals surface area contributed by atoms with Gasteiger partial charge in [0.05, 0.1) is 41.9 Å². The number of carboxylic acids is 1. The van der Waals surface area contributed by atoms with Gasteiger partial charge in [-0.15, -0.1) is 0 Å². The summed E-state index contributed by atoms with van der Waals surface area (Å²) in [5.74, 6) is -0.0344. The molecule has 1 fully saturated rings. The van der Waals surface area contributed by atoms with Gasteiger partial charge in [-0.3, -0.25) is 9.59 Å². The number of fused-ring (bicyclic) bond motifs is 3. The van der Waals surface area contributed by atoms with Crippen molar-refractivity contribution in [2.24, 2.45) is 5.41 Å². The van der Waals surface area contributed by atoms with E-state index in [0.29, 0.717) is 53.8 Å². The van der Waals surface area contributed by atoms with Gasteiger partial charge in [0.25, 0.3) is 5.91 Å². The minimum atomic E-state index is -0.999. The summed E-state index contributed by atoms with van der Waals surface area (Å²) in [6.45, 7) is 1.93. The molecule has 1 amide bonds. The van der Waals surface area contributed by atoms with E-state index in [9.17, 15) is 14.7 Å². The topological polar surface area (TPSA) is 97.8 Å². The van der Waals surface area contributed by atoms with E-state index >= 15 is 0 Å². The number of carbonyl (C=O) groups excluding carboxylic acids is 1. The summed E-state index contributed by atoms with van der Waals surface area (Å²) in [5, 5.41) is 14.4. The predicted octanol–water partition coefficient (Wildman–Crippen LogP) is 7.20. The van der Waals surface area contributed by atoms with Crippen LogP contribution in [0.5, 0.6) is 11.5 Å². The SMILES string of the molecule is COc1cccc(C2=CC3(C(=O)O)CCC2(NC(=O)c2c(C)c(-c4ccccc4)nc4ccc(Br)cc24)CC3)c1OC. The molecule has 0 saturated heterocycles. The zero-order valence-corrected chi connectivity index (χ0v) is 25.2. The van der Waals surface area contributed by atoms with Crippen LogP contribution in [0.25, 0.3) is 27.7 Å². The van der Waals surface area contributed by atoms with Crippen molar-refractivity contribution in [1.82, 2.24) is 10.3 Å². The number of benzene rings is 3. The summed E-state index contributed by atoms with van der Waals surface area (Å²) in [6.07, 6.45) is 3.65. The Morgan fingerprint density at radius 2 is 1.69 bits per heavy atom. The van der Waals surface area contributed by atoms with Gasteiger partial charge in [0.15, 0.2) is 11.5 Å². The maximum Gasteiger partial charge on any atom is 0.313 e. The van der Waals surface area contributed by atoms with E-state index in [-0.39, 0.29) is 5.91 Å². The van der Waals surface area contributed by atoms with Crippen molar-refractivity contribution in [3.05, 3.63) is 94.0 Å². The van der Waals surface area contributed by atoms with Crippen LogP contribution in [-0.4, -0.2) is 41.7 Å². The van der Waals surface area contributed by atoms with Crippen LogP contribution < -0.4 is 14.8 Å². The van der Waals surface area contributed by atoms with Crippen molar-refractivity contribution in [2.75, 3.05) is 14.2 Å². The number of aliphatic carboxylic acids is 1. The van der Waals surface area contributed by atoms with Crippen molar-refractivity contribution in [1.29, 1.82) is 0 Å². The molecule has 0 unspecified atom stereocenters. The monoisotopic (exact) mass is 626 g/mol. The number of aromatic nitrogens is 1. The third kappa shape index (κ3) is 4.45. The largest absolute Gasteiger partial charge is 0.493 e. The van der Waals surface area contributed by atoms with Crippen LogP contribution >= 0.6 is 15.9 Å². The number of hydrogen-bond acceptors (Lipinski definition) is 5. The first-order valence-corrected chi connectivity index (χ1v) is 14.7. The summed E-state index contributed by atoms with van der Waals surface area (Å²) >= 11 is 3.57. The second-order valence-corrected chi connectivity index (χ2v) is 12.0. The normalized spacial score (nSPS) is 21.1. The van der Waals surface area contributed by atoms with Crippen molar-refractivity contribution in [2.45, 2.75) is 38.1 Å². The van der Waals surface area contributed by atoms with Crippen LogP contribution in [0.3, 0.4) is 0 Å². The van der Waals surface area contributed by atoms with Gasteiger partial charge < -0.3 is 19.9 Å². The first-order valence-electron chi connectivity index (χ1n) is 13.9. The standard InChI is InChI=1S/C34H31BrN2O5/c1-20-28(24-18-22(35)12-13-26(24)36-29(20)21-8-5-4-6-9-21)31(38)37-34-16-14-33(15-17-34,32(39)40)19-25(34)23-10-7-11-27(41-2)30(23)42-3/h4-13,18-19H,14-17H2,1-3H3,(H,37,38)(H,39,40). The molecule has 3 aromatic carbocycles. The number of carbonyl (C=O) groups is 2. The summed E-state index contributed by atoms with van der Waals surface area (Å²) < 4.78 is 12.2. The number of para-hydroxylation sites is 1. The van der Waals surface area contributed by atoms with Gasteiger partial charge in [-0.2, -0.15) is 0 Å². The van der Waals surface area contributed by atoms with Crippen molar-refractivity contribution >= 4 is 44.3 Å². The molecule has 1 heterocycles. The maximum absolute atomic E-state index is 14.5. The Morgan fingerprint density at radius 1 is 0.952 bits per heavy atom. The fraction of sp³-hybridized carbons (Fsp3) is 0.265. The molecule has 7 nitrogen and oxygen atoms in total. The van der Waals surface area contributed by atoms with Crippen molar-refractivity contribution < 1.29 is 24.2 Å². The molecule has 4 aromatic rings. The Morgan fingerprint density at radius 3 is 2.36 bits per heavy atom. The van der Waals surface area contributed by atoms with Gasteiger partial charge >= 0.3 is 5.97 Å². The summed E-state index contributed by atoms with van der Waals surface area (Å²) in [4.78, 5) is 32.0. The lowest BCUT2D eigenvalue weighted by molar-refractivity contribution is -0.148. The lowest BCUT2D eigenvalue weighted by Gasteiger charge is -2.51. The molecule has 1 saturated carbocycles. The average molecular weight is 628 g/mol. The molecule has 8 heteroatoms. The molecule has 0 spiro atoms. The van der Waals surface area contributed by atoms with Gasteiger partial charge in [0.1, 0.15) is 0 Å². The summed E-state index contributed by atoms with van der Waals surface area (Å²) in [5.41, 5.74) is 3.37. The molecule has 1 aromatic heterocycles. The molecule has 0 atom stereocenters. The number of nitrogens with zero attached hydrogens (tertiary/aromatic N) is 1. The van der Waals surface area contributed by atoms with Gasteiger partial charge in [-0.05, 0) is 68.0 Å². The number of methoxy groups -OCH3 is 2. The Hall–Kier alpha value is -4.17. The number of nitrogens with one attached hydrogen (secondary N) is 1. The van der Waals surface area contributed by atoms with Crippen LogP contribution in [0.2, 0.25) is 0 Å². The van der Waals surface area contributed by atoms with Crippen LogP contribution in [-0.2, 0) is 4.79 Å². The first-order chi connectivity index (χ1) is 20.2. The number of ether oxygens (including phenoxy) is 2. The molecule has 0 radical (unpaired) electrons. The second-order valence-electron chi connectivity index (χ2n) is 11.1. The Balaban J connectivity index is 1.52. The first kappa shape index (κ1) is 28.0. The maximum atomic E-state index is 14.5. The van der Waals surface area contributed by atoms with Crippen LogP contribution in [0.4, 0.5) is 0 Å². The molecular weight excluding hydrogens is 596 g/mol. The minimum absolute atomic E-state index is 0.229. The summed E-state index contributed by atoms with van der Waals surface area (Å²) in [6, 6.07) is 21.2. The molecule has 2 N–H and O–H groups in total. The average Bonchev–Trinajstić information content (AvgIpc) is 3.01. The molecular formula is C34H31BrN2O5. The zero-order chi connectivity index (χ0) is 29.6. The molecule has 7 rings (SSSR count). The molecule has 2 bridgehead atoms. The summed E-state index contributed by atoms with van der Waals surface area (Å²) in [7, 11) is 3.13. The molecule has 3 aliphatic carbocycles. The third-order valence-corrected chi connectivity index (χ3v) is 9.36. The molecule has 42 heavy (non-hydrogen) atoms. The fourth-order valence-electron chi connectivity index (χ4n) is 6.63. The lowest BCUT2D eigenvalue weighted by Crippen LogP contribution is -2.57. The van der Waals surface area contributed by atoms with Crippen LogP contribution in [0.1, 0.15) is 47.2 Å². The van der Waals surface area contributed by atoms with Gasteiger partial charge in [0.2, 0.25) is 0 Å². The minimum Gasteiger partial charge on any atom is -0.493 e. The number of pyridine rings is 1. The number of rotatable bonds is 7. The highest BCUT2D eigenvalue weighted by Crippen LogP contribution is 2.56. The lowest BCUT2D eigenvalue weighted by atomic mass is 9.57. The number of carboxylic acid groups (broad SMARTS) is 1. The van der Waals surface area contributed by atoms with Crippen LogP contribution in [0, 0.1) is 12.3 Å². The van der Waals surface area contributed by atoms with Crippen LogP contribution in [0.15, 0.2) is 77.3 Å². The quantitative estimate of drug-likeness (QED) is 0.225. The Bertz CT molecular complexity index is 1760. The Labute approximate surface area is 252 Å². The fourth-order valence-corrected chi connectivity index (χ4v) is 6.99. The van der Waals surface area contributed by atoms with E-state index in [1.165, 1.54) is 0 Å². The van der Waals surface area contributed by atoms with Gasteiger partial charge in [-0.25, -0.2) is 4.98 Å². The third-order valence-electron chi connectivity index (χ3n) is 8.87.